The number of carboxylic acid groups (broad SMARTS) is 1. The predicted octanol–water partition coefficient (Wildman–Crippen LogP) is 3.37. The summed E-state index contributed by atoms with van der Waals surface area (Å²) in [4.78, 5) is 24.7. The highest BCUT2D eigenvalue weighted by molar-refractivity contribution is 5.87. The lowest BCUT2D eigenvalue weighted by Crippen LogP contribution is -2.26. The van der Waals surface area contributed by atoms with Gasteiger partial charge in [-0.25, -0.2) is 4.79 Å². The second-order valence-electron chi connectivity index (χ2n) is 5.95. The lowest BCUT2D eigenvalue weighted by atomic mass is 10.1. The second kappa shape index (κ2) is 8.87. The van der Waals surface area contributed by atoms with E-state index in [1.165, 1.54) is 5.56 Å². The topological polar surface area (TPSA) is 66.8 Å². The van der Waals surface area contributed by atoms with Crippen LogP contribution < -0.4 is 4.74 Å². The van der Waals surface area contributed by atoms with Crippen LogP contribution in [0.5, 0.6) is 5.75 Å². The summed E-state index contributed by atoms with van der Waals surface area (Å²) in [7, 11) is 3.40. The summed E-state index contributed by atoms with van der Waals surface area (Å²) >= 11 is 0. The summed E-state index contributed by atoms with van der Waals surface area (Å²) in [5.41, 5.74) is 2.34. The zero-order valence-corrected chi connectivity index (χ0v) is 14.6. The summed E-state index contributed by atoms with van der Waals surface area (Å²) < 4.78 is 5.13. The zero-order valence-electron chi connectivity index (χ0n) is 14.6. The maximum absolute atomic E-state index is 12.2. The Hall–Kier alpha value is -2.82. The van der Waals surface area contributed by atoms with Crippen molar-refractivity contribution in [2.75, 3.05) is 14.2 Å². The van der Waals surface area contributed by atoms with Gasteiger partial charge in [-0.3, -0.25) is 4.79 Å². The monoisotopic (exact) mass is 341 g/mol. The highest BCUT2D eigenvalue weighted by Crippen LogP contribution is 2.14. The molecule has 0 radical (unpaired) electrons. The van der Waals surface area contributed by atoms with Crippen molar-refractivity contribution in [1.82, 2.24) is 4.90 Å². The molecule has 5 heteroatoms. The Bertz CT molecular complexity index is 707. The van der Waals surface area contributed by atoms with Crippen LogP contribution in [0, 0.1) is 0 Å². The van der Waals surface area contributed by atoms with E-state index in [0.717, 1.165) is 24.2 Å². The van der Waals surface area contributed by atoms with Crippen LogP contribution in [0.2, 0.25) is 0 Å². The molecule has 0 unspecified atom stereocenters. The fourth-order valence-electron chi connectivity index (χ4n) is 2.54. The molecule has 0 saturated carbocycles. The van der Waals surface area contributed by atoms with Crippen LogP contribution >= 0.6 is 0 Å². The molecule has 25 heavy (non-hydrogen) atoms. The molecule has 0 saturated heterocycles. The van der Waals surface area contributed by atoms with Gasteiger partial charge >= 0.3 is 5.97 Å². The average Bonchev–Trinajstić information content (AvgIpc) is 2.62. The molecule has 5 nitrogen and oxygen atoms in total. The van der Waals surface area contributed by atoms with Gasteiger partial charge in [-0.2, -0.15) is 0 Å². The lowest BCUT2D eigenvalue weighted by molar-refractivity contribution is -0.130. The molecule has 0 aromatic heterocycles. The highest BCUT2D eigenvalue weighted by Gasteiger charge is 2.10. The van der Waals surface area contributed by atoms with Crippen molar-refractivity contribution < 1.29 is 19.4 Å². The van der Waals surface area contributed by atoms with E-state index in [0.29, 0.717) is 13.0 Å². The largest absolute Gasteiger partial charge is 0.497 e. The maximum Gasteiger partial charge on any atom is 0.335 e. The van der Waals surface area contributed by atoms with Crippen LogP contribution in [0.4, 0.5) is 0 Å². The Kier molecular flexibility index (Phi) is 6.57. The Morgan fingerprint density at radius 1 is 1.00 bits per heavy atom. The molecule has 0 aliphatic carbocycles. The van der Waals surface area contributed by atoms with E-state index in [1.54, 1.807) is 43.3 Å². The Morgan fingerprint density at radius 2 is 1.60 bits per heavy atom. The zero-order chi connectivity index (χ0) is 18.2. The van der Waals surface area contributed by atoms with Gasteiger partial charge in [-0.1, -0.05) is 24.3 Å². The van der Waals surface area contributed by atoms with Crippen LogP contribution in [-0.2, 0) is 17.8 Å². The number of rotatable bonds is 8. The number of methoxy groups -OCH3 is 1. The first-order valence-corrected chi connectivity index (χ1v) is 8.18. The fraction of sp³-hybridized carbons (Fsp3) is 0.300. The van der Waals surface area contributed by atoms with Gasteiger partial charge in [-0.05, 0) is 48.2 Å². The first-order valence-electron chi connectivity index (χ1n) is 8.18. The number of carbonyl (C=O) groups excluding carboxylic acids is 1. The standard InChI is InChI=1S/C20H23NO4/c1-21(14-16-6-10-17(11-7-16)20(23)24)19(22)5-3-4-15-8-12-18(25-2)13-9-15/h6-13H,3-5,14H2,1-2H3,(H,23,24). The number of aromatic carboxylic acids is 1. The first kappa shape index (κ1) is 18.5. The van der Waals surface area contributed by atoms with Crippen LogP contribution in [0.1, 0.15) is 34.3 Å². The van der Waals surface area contributed by atoms with Gasteiger partial charge in [0.25, 0.3) is 0 Å². The van der Waals surface area contributed by atoms with Gasteiger partial charge in [0.2, 0.25) is 5.91 Å². The van der Waals surface area contributed by atoms with Gasteiger partial charge in [0.05, 0.1) is 12.7 Å². The van der Waals surface area contributed by atoms with Crippen molar-refractivity contribution in [3.8, 4) is 5.75 Å². The molecule has 132 valence electrons. The summed E-state index contributed by atoms with van der Waals surface area (Å²) in [6.07, 6.45) is 2.11. The lowest BCUT2D eigenvalue weighted by Gasteiger charge is -2.17. The van der Waals surface area contributed by atoms with Gasteiger partial charge in [0, 0.05) is 20.0 Å². The van der Waals surface area contributed by atoms with Crippen molar-refractivity contribution in [3.63, 3.8) is 0 Å². The summed E-state index contributed by atoms with van der Waals surface area (Å²) in [5.74, 6) is -0.0428. The molecule has 2 aromatic rings. The molecule has 2 rings (SSSR count). The molecule has 2 aromatic carbocycles. The van der Waals surface area contributed by atoms with Crippen molar-refractivity contribution in [2.24, 2.45) is 0 Å². The minimum Gasteiger partial charge on any atom is -0.497 e. The van der Waals surface area contributed by atoms with Gasteiger partial charge in [-0.15, -0.1) is 0 Å². The first-order chi connectivity index (χ1) is 12.0. The normalized spacial score (nSPS) is 10.3. The molecule has 1 N–H and O–H groups in total. The highest BCUT2D eigenvalue weighted by atomic mass is 16.5. The Morgan fingerprint density at radius 3 is 2.16 bits per heavy atom. The van der Waals surface area contributed by atoms with Crippen LogP contribution in [0.25, 0.3) is 0 Å². The molecule has 0 aliphatic heterocycles. The third-order valence-electron chi connectivity index (χ3n) is 4.06. The number of carbonyl (C=O) groups is 2. The number of benzene rings is 2. The molecule has 0 heterocycles. The quantitative estimate of drug-likeness (QED) is 0.799. The van der Waals surface area contributed by atoms with E-state index in [-0.39, 0.29) is 11.5 Å². The van der Waals surface area contributed by atoms with Crippen molar-refractivity contribution in [1.29, 1.82) is 0 Å². The van der Waals surface area contributed by atoms with Gasteiger partial charge in [0.15, 0.2) is 0 Å². The predicted molar refractivity (Wildman–Crippen MR) is 95.8 cm³/mol. The molecular weight excluding hydrogens is 318 g/mol. The van der Waals surface area contributed by atoms with Crippen LogP contribution in [-0.4, -0.2) is 36.0 Å². The number of ether oxygens (including phenoxy) is 1. The second-order valence-corrected chi connectivity index (χ2v) is 5.95. The van der Waals surface area contributed by atoms with E-state index in [2.05, 4.69) is 0 Å². The van der Waals surface area contributed by atoms with Crippen molar-refractivity contribution in [2.45, 2.75) is 25.8 Å². The number of hydrogen-bond acceptors (Lipinski definition) is 3. The number of nitrogens with zero attached hydrogens (tertiary/aromatic N) is 1. The Balaban J connectivity index is 1.78. The van der Waals surface area contributed by atoms with E-state index in [4.69, 9.17) is 9.84 Å². The SMILES string of the molecule is COc1ccc(CCCC(=O)N(C)Cc2ccc(C(=O)O)cc2)cc1. The molecule has 0 spiro atoms. The van der Waals surface area contributed by atoms with E-state index < -0.39 is 5.97 Å². The molecule has 0 fully saturated rings. The van der Waals surface area contributed by atoms with E-state index in [9.17, 15) is 9.59 Å². The molecule has 0 bridgehead atoms. The third-order valence-corrected chi connectivity index (χ3v) is 4.06. The number of carboxylic acids is 1. The molecular formula is C20H23NO4. The number of hydrogen-bond donors (Lipinski definition) is 1. The van der Waals surface area contributed by atoms with E-state index >= 15 is 0 Å². The third kappa shape index (κ3) is 5.64. The minimum absolute atomic E-state index is 0.0795. The summed E-state index contributed by atoms with van der Waals surface area (Å²) in [5, 5.41) is 8.89. The fourth-order valence-corrected chi connectivity index (χ4v) is 2.54. The van der Waals surface area contributed by atoms with Gasteiger partial charge in [0.1, 0.15) is 5.75 Å². The smallest absolute Gasteiger partial charge is 0.335 e. The minimum atomic E-state index is -0.950. The molecule has 0 aliphatic rings. The van der Waals surface area contributed by atoms with E-state index in [1.807, 2.05) is 24.3 Å². The van der Waals surface area contributed by atoms with Crippen molar-refractivity contribution in [3.05, 3.63) is 65.2 Å². The molecule has 1 amide bonds. The average molecular weight is 341 g/mol. The van der Waals surface area contributed by atoms with Crippen LogP contribution in [0.15, 0.2) is 48.5 Å². The number of aryl methyl sites for hydroxylation is 1. The van der Waals surface area contributed by atoms with Gasteiger partial charge < -0.3 is 14.7 Å². The Labute approximate surface area is 147 Å². The molecule has 0 atom stereocenters. The number of amides is 1. The van der Waals surface area contributed by atoms with Crippen molar-refractivity contribution >= 4 is 11.9 Å². The summed E-state index contributed by atoms with van der Waals surface area (Å²) in [6.45, 7) is 0.473. The van der Waals surface area contributed by atoms with Crippen LogP contribution in [0.3, 0.4) is 0 Å². The maximum atomic E-state index is 12.2. The summed E-state index contributed by atoms with van der Waals surface area (Å²) in [6, 6.07) is 14.5.